The van der Waals surface area contributed by atoms with Crippen LogP contribution in [0.2, 0.25) is 0 Å². The molecule has 0 bridgehead atoms. The Labute approximate surface area is 96.7 Å². The number of hydrogen-bond acceptors (Lipinski definition) is 5. The molecular formula is C11H13N3O3. The maximum atomic E-state index is 11.7. The summed E-state index contributed by atoms with van der Waals surface area (Å²) in [5, 5.41) is 19.7. The van der Waals surface area contributed by atoms with Crippen LogP contribution < -0.4 is 11.3 Å². The molecule has 0 spiro atoms. The van der Waals surface area contributed by atoms with Gasteiger partial charge in [-0.3, -0.25) is 9.78 Å². The quantitative estimate of drug-likeness (QED) is 0.577. The summed E-state index contributed by atoms with van der Waals surface area (Å²) >= 11 is 0. The fourth-order valence-electron chi connectivity index (χ4n) is 1.82. The van der Waals surface area contributed by atoms with Crippen molar-refractivity contribution >= 4 is 16.9 Å². The Kier molecular flexibility index (Phi) is 2.63. The molecule has 17 heavy (non-hydrogen) atoms. The van der Waals surface area contributed by atoms with Gasteiger partial charge >= 0.3 is 0 Å². The van der Waals surface area contributed by atoms with Crippen LogP contribution in [0.4, 0.5) is 5.95 Å². The average Bonchev–Trinajstić information content (AvgIpc) is 2.25. The Morgan fingerprint density at radius 2 is 2.18 bits per heavy atom. The summed E-state index contributed by atoms with van der Waals surface area (Å²) in [7, 11) is 0. The van der Waals surface area contributed by atoms with Crippen LogP contribution in [0.5, 0.6) is 11.5 Å². The highest BCUT2D eigenvalue weighted by molar-refractivity contribution is 5.90. The Balaban J connectivity index is 2.89. The average molecular weight is 235 g/mol. The first-order chi connectivity index (χ1) is 8.04. The van der Waals surface area contributed by atoms with E-state index in [1.807, 2.05) is 6.92 Å². The van der Waals surface area contributed by atoms with E-state index < -0.39 is 5.56 Å². The lowest BCUT2D eigenvalue weighted by molar-refractivity contribution is 0.461. The first-order valence-electron chi connectivity index (χ1n) is 5.28. The molecule has 1 aromatic heterocycles. The van der Waals surface area contributed by atoms with Crippen molar-refractivity contribution < 1.29 is 10.2 Å². The molecule has 90 valence electrons. The number of fused-ring (bicyclic) bond motifs is 1. The predicted molar refractivity (Wildman–Crippen MR) is 64.1 cm³/mol. The molecule has 0 amide bonds. The zero-order chi connectivity index (χ0) is 12.6. The van der Waals surface area contributed by atoms with E-state index in [0.717, 1.165) is 6.42 Å². The lowest BCUT2D eigenvalue weighted by Gasteiger charge is -2.08. The predicted octanol–water partition coefficient (Wildman–Crippen LogP) is 0.869. The highest BCUT2D eigenvalue weighted by Crippen LogP contribution is 2.32. The topological polar surface area (TPSA) is 112 Å². The zero-order valence-electron chi connectivity index (χ0n) is 9.32. The van der Waals surface area contributed by atoms with Crippen molar-refractivity contribution in [3.63, 3.8) is 0 Å². The van der Waals surface area contributed by atoms with Crippen LogP contribution in [0.15, 0.2) is 10.9 Å². The standard InChI is InChI=1S/C11H13N3O3/c1-2-3-5-4-6(15)8-7(9(5)16)10(17)14-11(12)13-8/h4,15-16H,2-3H2,1H3,(H3,12,13,14,17). The number of nitrogens with two attached hydrogens (primary N) is 1. The van der Waals surface area contributed by atoms with Gasteiger partial charge in [0.05, 0.1) is 0 Å². The third-order valence-corrected chi connectivity index (χ3v) is 2.55. The second kappa shape index (κ2) is 3.97. The van der Waals surface area contributed by atoms with Gasteiger partial charge in [0.1, 0.15) is 22.4 Å². The molecule has 0 aliphatic rings. The van der Waals surface area contributed by atoms with Crippen LogP contribution in [0.25, 0.3) is 10.9 Å². The Bertz CT molecular complexity index is 634. The molecule has 1 heterocycles. The number of benzene rings is 1. The molecule has 0 radical (unpaired) electrons. The highest BCUT2D eigenvalue weighted by Gasteiger charge is 2.15. The van der Waals surface area contributed by atoms with Crippen molar-refractivity contribution in [3.05, 3.63) is 22.0 Å². The molecule has 2 rings (SSSR count). The number of aryl methyl sites for hydroxylation is 1. The van der Waals surface area contributed by atoms with E-state index in [9.17, 15) is 15.0 Å². The number of phenolic OH excluding ortho intramolecular Hbond substituents is 2. The molecule has 2 aromatic rings. The summed E-state index contributed by atoms with van der Waals surface area (Å²) < 4.78 is 0. The van der Waals surface area contributed by atoms with Gasteiger partial charge in [-0.1, -0.05) is 13.3 Å². The summed E-state index contributed by atoms with van der Waals surface area (Å²) in [6.45, 7) is 1.94. The number of nitrogens with zero attached hydrogens (tertiary/aromatic N) is 1. The molecule has 5 N–H and O–H groups in total. The van der Waals surface area contributed by atoms with Gasteiger partial charge in [-0.2, -0.15) is 0 Å². The van der Waals surface area contributed by atoms with Crippen molar-refractivity contribution in [1.29, 1.82) is 0 Å². The number of H-pyrrole nitrogens is 1. The van der Waals surface area contributed by atoms with E-state index >= 15 is 0 Å². The van der Waals surface area contributed by atoms with E-state index in [4.69, 9.17) is 5.73 Å². The smallest absolute Gasteiger partial charge is 0.264 e. The second-order valence-electron chi connectivity index (χ2n) is 3.83. The van der Waals surface area contributed by atoms with Gasteiger partial charge in [-0.25, -0.2) is 4.98 Å². The van der Waals surface area contributed by atoms with E-state index in [2.05, 4.69) is 9.97 Å². The van der Waals surface area contributed by atoms with E-state index in [-0.39, 0.29) is 28.4 Å². The molecule has 1 aromatic carbocycles. The maximum absolute atomic E-state index is 11.7. The molecule has 6 nitrogen and oxygen atoms in total. The number of aromatic nitrogens is 2. The molecule has 0 saturated carbocycles. The molecule has 0 atom stereocenters. The first-order valence-corrected chi connectivity index (χ1v) is 5.28. The number of anilines is 1. The van der Waals surface area contributed by atoms with Crippen molar-refractivity contribution in [3.8, 4) is 11.5 Å². The van der Waals surface area contributed by atoms with Crippen LogP contribution in [0, 0.1) is 0 Å². The van der Waals surface area contributed by atoms with Crippen LogP contribution in [-0.2, 0) is 6.42 Å². The van der Waals surface area contributed by atoms with Gasteiger partial charge in [0.15, 0.2) is 0 Å². The van der Waals surface area contributed by atoms with E-state index in [1.165, 1.54) is 6.07 Å². The van der Waals surface area contributed by atoms with Crippen LogP contribution in [-0.4, -0.2) is 20.2 Å². The van der Waals surface area contributed by atoms with Crippen molar-refractivity contribution in [2.24, 2.45) is 0 Å². The van der Waals surface area contributed by atoms with Crippen LogP contribution >= 0.6 is 0 Å². The van der Waals surface area contributed by atoms with Gasteiger partial charge in [0.25, 0.3) is 5.56 Å². The summed E-state index contributed by atoms with van der Waals surface area (Å²) in [6.07, 6.45) is 1.36. The Hall–Kier alpha value is -2.24. The number of aromatic hydroxyl groups is 2. The lowest BCUT2D eigenvalue weighted by Crippen LogP contribution is -2.12. The summed E-state index contributed by atoms with van der Waals surface area (Å²) in [6, 6.07) is 1.41. The normalized spacial score (nSPS) is 10.9. The third kappa shape index (κ3) is 1.77. The largest absolute Gasteiger partial charge is 0.507 e. The molecule has 0 saturated heterocycles. The summed E-state index contributed by atoms with van der Waals surface area (Å²) in [4.78, 5) is 17.8. The highest BCUT2D eigenvalue weighted by atomic mass is 16.3. The van der Waals surface area contributed by atoms with Crippen molar-refractivity contribution in [2.75, 3.05) is 5.73 Å². The van der Waals surface area contributed by atoms with Crippen molar-refractivity contribution in [2.45, 2.75) is 19.8 Å². The third-order valence-electron chi connectivity index (χ3n) is 2.55. The number of aromatic amines is 1. The number of nitrogens with one attached hydrogen (secondary N) is 1. The first kappa shape index (κ1) is 11.3. The molecule has 0 unspecified atom stereocenters. The number of hydrogen-bond donors (Lipinski definition) is 4. The van der Waals surface area contributed by atoms with Crippen LogP contribution in [0.1, 0.15) is 18.9 Å². The van der Waals surface area contributed by atoms with E-state index in [1.54, 1.807) is 0 Å². The molecule has 0 aliphatic heterocycles. The maximum Gasteiger partial charge on any atom is 0.264 e. The van der Waals surface area contributed by atoms with Crippen LogP contribution in [0.3, 0.4) is 0 Å². The monoisotopic (exact) mass is 235 g/mol. The number of nitrogen functional groups attached to an aromatic ring is 1. The second-order valence-corrected chi connectivity index (χ2v) is 3.83. The SMILES string of the molecule is CCCc1cc(O)c2nc(N)[nH]c(=O)c2c1O. The molecular weight excluding hydrogens is 222 g/mol. The van der Waals surface area contributed by atoms with E-state index in [0.29, 0.717) is 12.0 Å². The van der Waals surface area contributed by atoms with Gasteiger partial charge in [-0.15, -0.1) is 0 Å². The fraction of sp³-hybridized carbons (Fsp3) is 0.273. The van der Waals surface area contributed by atoms with Gasteiger partial charge in [0.2, 0.25) is 5.95 Å². The van der Waals surface area contributed by atoms with Gasteiger partial charge < -0.3 is 15.9 Å². The summed E-state index contributed by atoms with van der Waals surface area (Å²) in [5.74, 6) is -0.395. The number of rotatable bonds is 2. The lowest BCUT2D eigenvalue weighted by atomic mass is 10.1. The molecule has 6 heteroatoms. The van der Waals surface area contributed by atoms with Gasteiger partial charge in [-0.05, 0) is 18.1 Å². The zero-order valence-corrected chi connectivity index (χ0v) is 9.32. The number of phenols is 2. The minimum atomic E-state index is -0.557. The Morgan fingerprint density at radius 1 is 1.47 bits per heavy atom. The molecule has 0 aliphatic carbocycles. The van der Waals surface area contributed by atoms with Gasteiger partial charge in [0, 0.05) is 0 Å². The Morgan fingerprint density at radius 3 is 2.82 bits per heavy atom. The fourth-order valence-corrected chi connectivity index (χ4v) is 1.82. The minimum absolute atomic E-state index is 0.0172. The van der Waals surface area contributed by atoms with Crippen molar-refractivity contribution in [1.82, 2.24) is 9.97 Å². The minimum Gasteiger partial charge on any atom is -0.507 e. The molecule has 0 fully saturated rings. The summed E-state index contributed by atoms with van der Waals surface area (Å²) in [5.41, 5.74) is 5.36.